The van der Waals surface area contributed by atoms with Gasteiger partial charge in [-0.15, -0.1) is 0 Å². The van der Waals surface area contributed by atoms with E-state index in [9.17, 15) is 9.59 Å². The van der Waals surface area contributed by atoms with E-state index in [1.54, 1.807) is 48.5 Å². The minimum atomic E-state index is -0.537. The second-order valence-electron chi connectivity index (χ2n) is 7.27. The van der Waals surface area contributed by atoms with Crippen LogP contribution in [0.4, 0.5) is 0 Å². The molecular formula is C26H25ClN2O4. The number of benzene rings is 3. The summed E-state index contributed by atoms with van der Waals surface area (Å²) in [6, 6.07) is 21.1. The fraction of sp³-hybridized carbons (Fsp3) is 0.192. The third kappa shape index (κ3) is 7.77. The quantitative estimate of drug-likeness (QED) is 0.188. The highest BCUT2D eigenvalue weighted by atomic mass is 35.5. The zero-order valence-corrected chi connectivity index (χ0v) is 19.0. The topological polar surface area (TPSA) is 77.0 Å². The molecule has 1 N–H and O–H groups in total. The molecule has 6 nitrogen and oxygen atoms in total. The van der Waals surface area contributed by atoms with Crippen LogP contribution in [-0.2, 0) is 11.2 Å². The Labute approximate surface area is 198 Å². The van der Waals surface area contributed by atoms with Gasteiger partial charge in [-0.3, -0.25) is 4.79 Å². The molecule has 0 spiro atoms. The fourth-order valence-electron chi connectivity index (χ4n) is 2.90. The number of unbranched alkanes of at least 4 members (excludes halogenated alkanes) is 1. The molecule has 0 aliphatic heterocycles. The zero-order chi connectivity index (χ0) is 23.5. The lowest BCUT2D eigenvalue weighted by molar-refractivity contribution is -0.123. The van der Waals surface area contributed by atoms with Crippen LogP contribution < -0.4 is 14.9 Å². The number of carbonyl (C=O) groups is 2. The summed E-state index contributed by atoms with van der Waals surface area (Å²) in [4.78, 5) is 24.1. The van der Waals surface area contributed by atoms with Crippen LogP contribution >= 0.6 is 11.6 Å². The van der Waals surface area contributed by atoms with E-state index in [0.29, 0.717) is 22.1 Å². The first-order valence-electron chi connectivity index (χ1n) is 10.7. The molecular weight excluding hydrogens is 440 g/mol. The number of hydrogen-bond donors (Lipinski definition) is 1. The third-order valence-electron chi connectivity index (χ3n) is 4.70. The van der Waals surface area contributed by atoms with Crippen LogP contribution in [0.5, 0.6) is 11.5 Å². The van der Waals surface area contributed by atoms with Gasteiger partial charge in [0.25, 0.3) is 5.91 Å². The third-order valence-corrected chi connectivity index (χ3v) is 5.03. The van der Waals surface area contributed by atoms with Crippen molar-refractivity contribution in [3.05, 3.63) is 94.5 Å². The van der Waals surface area contributed by atoms with Gasteiger partial charge in [0.15, 0.2) is 6.61 Å². The molecule has 7 heteroatoms. The first-order chi connectivity index (χ1) is 16.0. The van der Waals surface area contributed by atoms with Crippen LogP contribution in [0.25, 0.3) is 0 Å². The molecule has 0 atom stereocenters. The van der Waals surface area contributed by atoms with Crippen molar-refractivity contribution < 1.29 is 19.1 Å². The Hall–Kier alpha value is -3.64. The summed E-state index contributed by atoms with van der Waals surface area (Å²) in [7, 11) is 0. The maximum Gasteiger partial charge on any atom is 0.345 e. The number of nitrogens with zero attached hydrogens (tertiary/aromatic N) is 1. The Morgan fingerprint density at radius 1 is 0.970 bits per heavy atom. The molecule has 0 aromatic heterocycles. The SMILES string of the molecule is CCCCc1ccc(OCC(=O)N/N=C\c2ccc(OC(=O)c3ccccc3Cl)cc2)cc1. The maximum absolute atomic E-state index is 12.2. The Balaban J connectivity index is 1.43. The van der Waals surface area contributed by atoms with Crippen molar-refractivity contribution in [3.63, 3.8) is 0 Å². The number of carbonyl (C=O) groups excluding carboxylic acids is 2. The molecule has 0 radical (unpaired) electrons. The van der Waals surface area contributed by atoms with E-state index in [2.05, 4.69) is 17.5 Å². The van der Waals surface area contributed by atoms with Crippen molar-refractivity contribution in [3.8, 4) is 11.5 Å². The number of hydrogen-bond acceptors (Lipinski definition) is 5. The molecule has 170 valence electrons. The minimum Gasteiger partial charge on any atom is -0.484 e. The Kier molecular flexibility index (Phi) is 9.03. The number of hydrazone groups is 1. The molecule has 0 saturated carbocycles. The van der Waals surface area contributed by atoms with Gasteiger partial charge in [-0.05, 0) is 72.5 Å². The van der Waals surface area contributed by atoms with Crippen molar-refractivity contribution in [2.75, 3.05) is 6.61 Å². The van der Waals surface area contributed by atoms with Gasteiger partial charge < -0.3 is 9.47 Å². The van der Waals surface area contributed by atoms with Gasteiger partial charge in [-0.1, -0.05) is 49.2 Å². The summed E-state index contributed by atoms with van der Waals surface area (Å²) in [5, 5.41) is 4.25. The van der Waals surface area contributed by atoms with Crippen LogP contribution in [0.15, 0.2) is 77.9 Å². The first kappa shape index (κ1) is 24.0. The summed E-state index contributed by atoms with van der Waals surface area (Å²) < 4.78 is 10.8. The average molecular weight is 465 g/mol. The zero-order valence-electron chi connectivity index (χ0n) is 18.3. The van der Waals surface area contributed by atoms with E-state index in [1.807, 2.05) is 24.3 Å². The largest absolute Gasteiger partial charge is 0.484 e. The summed E-state index contributed by atoms with van der Waals surface area (Å²) in [6.45, 7) is 2.02. The van der Waals surface area contributed by atoms with Gasteiger partial charge in [0.1, 0.15) is 11.5 Å². The van der Waals surface area contributed by atoms with Crippen LogP contribution in [-0.4, -0.2) is 24.7 Å². The van der Waals surface area contributed by atoms with Crippen molar-refractivity contribution in [1.29, 1.82) is 0 Å². The number of ether oxygens (including phenoxy) is 2. The highest BCUT2D eigenvalue weighted by molar-refractivity contribution is 6.33. The highest BCUT2D eigenvalue weighted by Crippen LogP contribution is 2.19. The summed E-state index contributed by atoms with van der Waals surface area (Å²) in [5.41, 5.74) is 4.69. The minimum absolute atomic E-state index is 0.136. The van der Waals surface area contributed by atoms with Crippen LogP contribution in [0.2, 0.25) is 5.02 Å². The lowest BCUT2D eigenvalue weighted by atomic mass is 10.1. The number of aryl methyl sites for hydroxylation is 1. The van der Waals surface area contributed by atoms with Gasteiger partial charge in [0, 0.05) is 0 Å². The van der Waals surface area contributed by atoms with E-state index in [0.717, 1.165) is 24.8 Å². The second-order valence-corrected chi connectivity index (χ2v) is 7.67. The van der Waals surface area contributed by atoms with Crippen LogP contribution in [0.1, 0.15) is 41.3 Å². The molecule has 1 amide bonds. The molecule has 3 rings (SSSR count). The smallest absolute Gasteiger partial charge is 0.345 e. The molecule has 33 heavy (non-hydrogen) atoms. The van der Waals surface area contributed by atoms with Crippen molar-refractivity contribution >= 4 is 29.7 Å². The Morgan fingerprint density at radius 3 is 2.36 bits per heavy atom. The maximum atomic E-state index is 12.2. The molecule has 0 unspecified atom stereocenters. The molecule has 3 aromatic rings. The van der Waals surface area contributed by atoms with Crippen LogP contribution in [0, 0.1) is 0 Å². The molecule has 0 aliphatic rings. The van der Waals surface area contributed by atoms with Gasteiger partial charge in [0.05, 0.1) is 16.8 Å². The number of rotatable bonds is 10. The Morgan fingerprint density at radius 2 is 1.67 bits per heavy atom. The molecule has 0 heterocycles. The van der Waals surface area contributed by atoms with E-state index >= 15 is 0 Å². The van der Waals surface area contributed by atoms with E-state index in [-0.39, 0.29) is 12.5 Å². The first-order valence-corrected chi connectivity index (χ1v) is 11.0. The van der Waals surface area contributed by atoms with Gasteiger partial charge >= 0.3 is 5.97 Å². The van der Waals surface area contributed by atoms with Gasteiger partial charge in [-0.2, -0.15) is 5.10 Å². The number of amides is 1. The fourth-order valence-corrected chi connectivity index (χ4v) is 3.12. The van der Waals surface area contributed by atoms with Crippen molar-refractivity contribution in [2.45, 2.75) is 26.2 Å². The molecule has 0 fully saturated rings. The summed E-state index contributed by atoms with van der Waals surface area (Å²) >= 11 is 6.01. The van der Waals surface area contributed by atoms with Gasteiger partial charge in [-0.25, -0.2) is 10.2 Å². The average Bonchev–Trinajstić information content (AvgIpc) is 2.83. The summed E-state index contributed by atoms with van der Waals surface area (Å²) in [5.74, 6) is 0.100. The second kappa shape index (κ2) is 12.4. The summed E-state index contributed by atoms with van der Waals surface area (Å²) in [6.07, 6.45) is 4.83. The monoisotopic (exact) mass is 464 g/mol. The molecule has 0 aliphatic carbocycles. The highest BCUT2D eigenvalue weighted by Gasteiger charge is 2.12. The van der Waals surface area contributed by atoms with E-state index in [1.165, 1.54) is 11.8 Å². The standard InChI is InChI=1S/C26H25ClN2O4/c1-2-3-6-19-9-13-21(14-10-19)32-18-25(30)29-28-17-20-11-15-22(16-12-20)33-26(31)23-7-4-5-8-24(23)27/h4-5,7-17H,2-3,6,18H2,1H3,(H,29,30)/b28-17-. The van der Waals surface area contributed by atoms with E-state index in [4.69, 9.17) is 21.1 Å². The number of halogens is 1. The van der Waals surface area contributed by atoms with Crippen LogP contribution in [0.3, 0.4) is 0 Å². The molecule has 0 bridgehead atoms. The van der Waals surface area contributed by atoms with Crippen molar-refractivity contribution in [2.24, 2.45) is 5.10 Å². The molecule has 3 aromatic carbocycles. The number of nitrogens with one attached hydrogen (secondary N) is 1. The Bertz CT molecular complexity index is 1100. The predicted molar refractivity (Wildman–Crippen MR) is 129 cm³/mol. The lowest BCUT2D eigenvalue weighted by Crippen LogP contribution is -2.24. The molecule has 0 saturated heterocycles. The predicted octanol–water partition coefficient (Wildman–Crippen LogP) is 5.43. The number of esters is 1. The van der Waals surface area contributed by atoms with Crippen molar-refractivity contribution in [1.82, 2.24) is 5.43 Å². The van der Waals surface area contributed by atoms with E-state index < -0.39 is 5.97 Å². The lowest BCUT2D eigenvalue weighted by Gasteiger charge is -2.06. The normalized spacial score (nSPS) is 10.7. The van der Waals surface area contributed by atoms with Gasteiger partial charge in [0.2, 0.25) is 0 Å².